The summed E-state index contributed by atoms with van der Waals surface area (Å²) in [6.45, 7) is 4.38. The van der Waals surface area contributed by atoms with Crippen LogP contribution in [-0.4, -0.2) is 13.7 Å². The molecule has 0 aliphatic heterocycles. The van der Waals surface area contributed by atoms with E-state index in [2.05, 4.69) is 28.2 Å². The van der Waals surface area contributed by atoms with Crippen molar-refractivity contribution in [3.8, 4) is 11.5 Å². The second-order valence-electron chi connectivity index (χ2n) is 6.71. The molecule has 2 aromatic carbocycles. The first-order valence-corrected chi connectivity index (χ1v) is 11.2. The van der Waals surface area contributed by atoms with Gasteiger partial charge >= 0.3 is 0 Å². The van der Waals surface area contributed by atoms with E-state index in [1.54, 1.807) is 19.2 Å². The van der Waals surface area contributed by atoms with E-state index in [4.69, 9.17) is 32.7 Å². The fourth-order valence-electron chi connectivity index (χ4n) is 2.86. The first-order valence-electron chi connectivity index (χ1n) is 9.69. The Balaban J connectivity index is 1.92. The van der Waals surface area contributed by atoms with Crippen LogP contribution in [0.25, 0.3) is 0 Å². The van der Waals surface area contributed by atoms with E-state index in [9.17, 15) is 0 Å². The molecular formula is C22H28BrCl2NO2. The first kappa shape index (κ1) is 23.3. The molecule has 6 heteroatoms. The topological polar surface area (TPSA) is 30.5 Å². The highest BCUT2D eigenvalue weighted by molar-refractivity contribution is 9.10. The van der Waals surface area contributed by atoms with E-state index < -0.39 is 0 Å². The Kier molecular flexibility index (Phi) is 10.5. The molecule has 0 aromatic heterocycles. The SMILES string of the molecule is CCCCCCCNCc1cc(OC)c(OCc2ccc(Cl)cc2Cl)cc1Br. The predicted molar refractivity (Wildman–Crippen MR) is 122 cm³/mol. The van der Waals surface area contributed by atoms with Crippen LogP contribution in [0.2, 0.25) is 10.0 Å². The highest BCUT2D eigenvalue weighted by Crippen LogP contribution is 2.34. The third kappa shape index (κ3) is 7.47. The van der Waals surface area contributed by atoms with Crippen LogP contribution in [0.15, 0.2) is 34.8 Å². The molecule has 0 radical (unpaired) electrons. The van der Waals surface area contributed by atoms with Crippen molar-refractivity contribution in [1.82, 2.24) is 5.32 Å². The number of hydrogen-bond donors (Lipinski definition) is 1. The zero-order valence-corrected chi connectivity index (χ0v) is 19.6. The summed E-state index contributed by atoms with van der Waals surface area (Å²) in [6.07, 6.45) is 6.41. The predicted octanol–water partition coefficient (Wildman–Crippen LogP) is 7.40. The molecule has 0 aliphatic rings. The number of ether oxygens (including phenoxy) is 2. The van der Waals surface area contributed by atoms with Crippen molar-refractivity contribution < 1.29 is 9.47 Å². The quantitative estimate of drug-likeness (QED) is 0.315. The van der Waals surface area contributed by atoms with Crippen molar-refractivity contribution in [1.29, 1.82) is 0 Å². The summed E-state index contributed by atoms with van der Waals surface area (Å²) < 4.78 is 12.5. The summed E-state index contributed by atoms with van der Waals surface area (Å²) in [5, 5.41) is 4.70. The first-order chi connectivity index (χ1) is 13.5. The summed E-state index contributed by atoms with van der Waals surface area (Å²) in [7, 11) is 1.65. The molecule has 0 atom stereocenters. The molecule has 3 nitrogen and oxygen atoms in total. The monoisotopic (exact) mass is 487 g/mol. The lowest BCUT2D eigenvalue weighted by Crippen LogP contribution is -2.15. The highest BCUT2D eigenvalue weighted by Gasteiger charge is 2.11. The van der Waals surface area contributed by atoms with Crippen LogP contribution in [0.3, 0.4) is 0 Å². The minimum atomic E-state index is 0.341. The second kappa shape index (κ2) is 12.6. The third-order valence-corrected chi connectivity index (χ3v) is 5.83. The molecular weight excluding hydrogens is 461 g/mol. The third-order valence-electron chi connectivity index (χ3n) is 4.50. The Hall–Kier alpha value is -0.940. The maximum absolute atomic E-state index is 6.22. The lowest BCUT2D eigenvalue weighted by molar-refractivity contribution is 0.284. The van der Waals surface area contributed by atoms with E-state index in [1.807, 2.05) is 18.2 Å². The molecule has 0 amide bonds. The Morgan fingerprint density at radius 1 is 0.964 bits per heavy atom. The van der Waals surface area contributed by atoms with E-state index in [-0.39, 0.29) is 0 Å². The van der Waals surface area contributed by atoms with Gasteiger partial charge in [-0.05, 0) is 42.8 Å². The van der Waals surface area contributed by atoms with Gasteiger partial charge in [-0.25, -0.2) is 0 Å². The summed E-state index contributed by atoms with van der Waals surface area (Å²) in [4.78, 5) is 0. The van der Waals surface area contributed by atoms with Gasteiger partial charge in [-0.2, -0.15) is 0 Å². The van der Waals surface area contributed by atoms with E-state index in [0.717, 1.165) is 28.7 Å². The molecule has 1 N–H and O–H groups in total. The maximum Gasteiger partial charge on any atom is 0.162 e. The molecule has 0 unspecified atom stereocenters. The van der Waals surface area contributed by atoms with Gasteiger partial charge in [-0.15, -0.1) is 0 Å². The molecule has 0 fully saturated rings. The van der Waals surface area contributed by atoms with Gasteiger partial charge in [0.05, 0.1) is 7.11 Å². The molecule has 0 heterocycles. The summed E-state index contributed by atoms with van der Waals surface area (Å²) in [5.41, 5.74) is 2.01. The van der Waals surface area contributed by atoms with Crippen LogP contribution in [0, 0.1) is 0 Å². The number of unbranched alkanes of at least 4 members (excludes halogenated alkanes) is 4. The van der Waals surface area contributed by atoms with Crippen LogP contribution < -0.4 is 14.8 Å². The molecule has 2 rings (SSSR count). The van der Waals surface area contributed by atoms with Gasteiger partial charge in [0.2, 0.25) is 0 Å². The standard InChI is InChI=1S/C22H28BrCl2NO2/c1-3-4-5-6-7-10-26-14-17-11-21(27-2)22(13-19(17)23)28-15-16-8-9-18(24)12-20(16)25/h8-9,11-13,26H,3-7,10,14-15H2,1-2H3. The lowest BCUT2D eigenvalue weighted by atomic mass is 10.1. The fourth-order valence-corrected chi connectivity index (χ4v) is 3.78. The summed E-state index contributed by atoms with van der Waals surface area (Å²) in [6, 6.07) is 9.33. The van der Waals surface area contributed by atoms with Crippen molar-refractivity contribution in [3.05, 3.63) is 56.0 Å². The van der Waals surface area contributed by atoms with Crippen molar-refractivity contribution in [3.63, 3.8) is 0 Å². The summed E-state index contributed by atoms with van der Waals surface area (Å²) >= 11 is 15.8. The molecule has 154 valence electrons. The fraction of sp³-hybridized carbons (Fsp3) is 0.455. The van der Waals surface area contributed by atoms with Gasteiger partial charge < -0.3 is 14.8 Å². The van der Waals surface area contributed by atoms with Crippen molar-refractivity contribution >= 4 is 39.1 Å². The van der Waals surface area contributed by atoms with Gasteiger partial charge in [-0.1, -0.05) is 77.8 Å². The van der Waals surface area contributed by atoms with Crippen molar-refractivity contribution in [2.24, 2.45) is 0 Å². The number of methoxy groups -OCH3 is 1. The summed E-state index contributed by atoms with van der Waals surface area (Å²) in [5.74, 6) is 1.37. The van der Waals surface area contributed by atoms with Gasteiger partial charge in [0, 0.05) is 26.6 Å². The molecule has 2 aromatic rings. The van der Waals surface area contributed by atoms with Crippen LogP contribution in [0.5, 0.6) is 11.5 Å². The van der Waals surface area contributed by atoms with Gasteiger partial charge in [0.15, 0.2) is 11.5 Å². The molecule has 0 saturated heterocycles. The van der Waals surface area contributed by atoms with Crippen molar-refractivity contribution in [2.75, 3.05) is 13.7 Å². The van der Waals surface area contributed by atoms with Crippen LogP contribution >= 0.6 is 39.1 Å². The second-order valence-corrected chi connectivity index (χ2v) is 8.41. The maximum atomic E-state index is 6.22. The van der Waals surface area contributed by atoms with E-state index in [0.29, 0.717) is 28.2 Å². The van der Waals surface area contributed by atoms with Gasteiger partial charge in [0.1, 0.15) is 6.61 Å². The molecule has 0 aliphatic carbocycles. The number of halogens is 3. The van der Waals surface area contributed by atoms with Crippen LogP contribution in [0.1, 0.15) is 50.2 Å². The highest BCUT2D eigenvalue weighted by atomic mass is 79.9. The largest absolute Gasteiger partial charge is 0.493 e. The molecule has 0 saturated carbocycles. The smallest absolute Gasteiger partial charge is 0.162 e. The molecule has 0 spiro atoms. The Morgan fingerprint density at radius 2 is 1.75 bits per heavy atom. The number of rotatable bonds is 12. The zero-order chi connectivity index (χ0) is 20.4. The Bertz CT molecular complexity index is 756. The van der Waals surface area contributed by atoms with E-state index >= 15 is 0 Å². The van der Waals surface area contributed by atoms with E-state index in [1.165, 1.54) is 32.1 Å². The zero-order valence-electron chi connectivity index (χ0n) is 16.5. The van der Waals surface area contributed by atoms with Gasteiger partial charge in [-0.3, -0.25) is 0 Å². The average Bonchev–Trinajstić information content (AvgIpc) is 2.67. The molecule has 28 heavy (non-hydrogen) atoms. The number of benzene rings is 2. The number of nitrogens with one attached hydrogen (secondary N) is 1. The van der Waals surface area contributed by atoms with Crippen molar-refractivity contribution in [2.45, 2.75) is 52.2 Å². The average molecular weight is 489 g/mol. The minimum absolute atomic E-state index is 0.341. The van der Waals surface area contributed by atoms with Crippen LogP contribution in [-0.2, 0) is 13.2 Å². The Morgan fingerprint density at radius 3 is 2.46 bits per heavy atom. The molecule has 0 bridgehead atoms. The Labute approximate surface area is 186 Å². The number of hydrogen-bond acceptors (Lipinski definition) is 3. The lowest BCUT2D eigenvalue weighted by Gasteiger charge is -2.15. The van der Waals surface area contributed by atoms with Gasteiger partial charge in [0.25, 0.3) is 0 Å². The normalized spacial score (nSPS) is 10.9. The van der Waals surface area contributed by atoms with Crippen LogP contribution in [0.4, 0.5) is 0 Å². The minimum Gasteiger partial charge on any atom is -0.493 e.